The normalized spacial score (nSPS) is 12.4. The fraction of sp³-hybridized carbons (Fsp3) is 0.278. The van der Waals surface area contributed by atoms with E-state index in [9.17, 15) is 0 Å². The number of hydrogen-bond acceptors (Lipinski definition) is 4. The molecule has 1 unspecified atom stereocenters. The van der Waals surface area contributed by atoms with Crippen molar-refractivity contribution in [2.75, 3.05) is 26.1 Å². The summed E-state index contributed by atoms with van der Waals surface area (Å²) in [6, 6.07) is 13.1. The van der Waals surface area contributed by atoms with Crippen LogP contribution in [0.1, 0.15) is 6.92 Å². The fourth-order valence-electron chi connectivity index (χ4n) is 2.12. The Kier molecular flexibility index (Phi) is 6.94. The molecule has 2 aromatic carbocycles. The molecule has 0 amide bonds. The zero-order chi connectivity index (χ0) is 18.2. The van der Waals surface area contributed by atoms with Crippen LogP contribution in [0, 0.1) is 0 Å². The number of methoxy groups -OCH3 is 2. The lowest BCUT2D eigenvalue weighted by Crippen LogP contribution is -2.25. The molecule has 0 saturated carbocycles. The first-order valence-electron chi connectivity index (χ1n) is 7.73. The molecule has 2 rings (SSSR count). The van der Waals surface area contributed by atoms with Crippen LogP contribution in [0.4, 0.5) is 5.69 Å². The van der Waals surface area contributed by atoms with Crippen molar-refractivity contribution in [3.63, 3.8) is 0 Å². The van der Waals surface area contributed by atoms with E-state index in [1.807, 2.05) is 37.3 Å². The van der Waals surface area contributed by atoms with Crippen molar-refractivity contribution in [2.45, 2.75) is 13.0 Å². The van der Waals surface area contributed by atoms with Gasteiger partial charge in [-0.15, -0.1) is 0 Å². The van der Waals surface area contributed by atoms with Gasteiger partial charge >= 0.3 is 0 Å². The van der Waals surface area contributed by atoms with Crippen molar-refractivity contribution in [3.05, 3.63) is 46.9 Å². The molecule has 0 bridgehead atoms. The van der Waals surface area contributed by atoms with Crippen molar-refractivity contribution in [1.82, 2.24) is 0 Å². The van der Waals surface area contributed by atoms with Gasteiger partial charge < -0.3 is 25.3 Å². The number of nitrogens with two attached hydrogens (primary N) is 1. The number of rotatable bonds is 7. The second-order valence-corrected chi connectivity index (χ2v) is 6.13. The number of anilines is 1. The standard InChI is InChI=1S/C18H22BrN3O3/c1-12(25-15-7-5-4-6-14(15)19)11-21-18(20)22-13-8-9-16(23-2)17(10-13)24-3/h4-10,12H,11H2,1-3H3,(H3,20,21,22). The Labute approximate surface area is 156 Å². The number of guanidine groups is 1. The van der Waals surface area contributed by atoms with Gasteiger partial charge in [-0.2, -0.15) is 0 Å². The highest BCUT2D eigenvalue weighted by molar-refractivity contribution is 9.10. The van der Waals surface area contributed by atoms with Gasteiger partial charge in [0, 0.05) is 11.8 Å². The van der Waals surface area contributed by atoms with Gasteiger partial charge in [-0.1, -0.05) is 12.1 Å². The minimum Gasteiger partial charge on any atom is -0.493 e. The van der Waals surface area contributed by atoms with E-state index in [4.69, 9.17) is 19.9 Å². The zero-order valence-corrected chi connectivity index (χ0v) is 16.0. The molecule has 0 aromatic heterocycles. The lowest BCUT2D eigenvalue weighted by Gasteiger charge is -2.15. The summed E-state index contributed by atoms with van der Waals surface area (Å²) >= 11 is 3.45. The average Bonchev–Trinajstić information content (AvgIpc) is 2.62. The van der Waals surface area contributed by atoms with Crippen LogP contribution in [0.5, 0.6) is 17.2 Å². The average molecular weight is 408 g/mol. The molecular weight excluding hydrogens is 386 g/mol. The Balaban J connectivity index is 1.94. The van der Waals surface area contributed by atoms with Gasteiger partial charge in [-0.3, -0.25) is 0 Å². The van der Waals surface area contributed by atoms with Crippen LogP contribution in [0.2, 0.25) is 0 Å². The van der Waals surface area contributed by atoms with Gasteiger partial charge in [0.25, 0.3) is 0 Å². The molecule has 1 atom stereocenters. The minimum atomic E-state index is -0.121. The topological polar surface area (TPSA) is 78.1 Å². The van der Waals surface area contributed by atoms with Crippen LogP contribution in [-0.2, 0) is 0 Å². The molecule has 0 saturated heterocycles. The minimum absolute atomic E-state index is 0.121. The van der Waals surface area contributed by atoms with Crippen LogP contribution in [0.25, 0.3) is 0 Å². The van der Waals surface area contributed by atoms with Gasteiger partial charge in [0.15, 0.2) is 17.5 Å². The molecule has 0 radical (unpaired) electrons. The van der Waals surface area contributed by atoms with Crippen LogP contribution in [0.15, 0.2) is 51.9 Å². The second-order valence-electron chi connectivity index (χ2n) is 5.28. The highest BCUT2D eigenvalue weighted by Crippen LogP contribution is 2.29. The van der Waals surface area contributed by atoms with E-state index >= 15 is 0 Å². The first kappa shape index (κ1) is 18.9. The third-order valence-corrected chi connectivity index (χ3v) is 3.99. The maximum Gasteiger partial charge on any atom is 0.193 e. The van der Waals surface area contributed by atoms with Crippen LogP contribution >= 0.6 is 15.9 Å². The number of hydrogen-bond donors (Lipinski definition) is 2. The third kappa shape index (κ3) is 5.56. The summed E-state index contributed by atoms with van der Waals surface area (Å²) in [6.45, 7) is 2.36. The van der Waals surface area contributed by atoms with E-state index in [0.29, 0.717) is 24.0 Å². The summed E-state index contributed by atoms with van der Waals surface area (Å²) in [7, 11) is 3.17. The van der Waals surface area contributed by atoms with Crippen LogP contribution in [-0.4, -0.2) is 32.8 Å². The summed E-state index contributed by atoms with van der Waals surface area (Å²) in [5, 5.41) is 3.03. The van der Waals surface area contributed by atoms with E-state index in [1.54, 1.807) is 26.4 Å². The highest BCUT2D eigenvalue weighted by Gasteiger charge is 2.08. The number of nitrogens with zero attached hydrogens (tertiary/aromatic N) is 1. The molecule has 0 aliphatic rings. The molecule has 25 heavy (non-hydrogen) atoms. The van der Waals surface area contributed by atoms with E-state index in [-0.39, 0.29) is 6.10 Å². The Morgan fingerprint density at radius 1 is 1.12 bits per heavy atom. The first-order valence-corrected chi connectivity index (χ1v) is 8.53. The molecule has 0 spiro atoms. The smallest absolute Gasteiger partial charge is 0.193 e. The fourth-order valence-corrected chi connectivity index (χ4v) is 2.50. The predicted octanol–water partition coefficient (Wildman–Crippen LogP) is 3.66. The second kappa shape index (κ2) is 9.17. The van der Waals surface area contributed by atoms with Crippen LogP contribution in [0.3, 0.4) is 0 Å². The van der Waals surface area contributed by atoms with Crippen molar-refractivity contribution < 1.29 is 14.2 Å². The highest BCUT2D eigenvalue weighted by atomic mass is 79.9. The molecule has 3 N–H and O–H groups in total. The Morgan fingerprint density at radius 3 is 2.52 bits per heavy atom. The molecule has 0 aliphatic heterocycles. The molecule has 6 nitrogen and oxygen atoms in total. The van der Waals surface area contributed by atoms with E-state index in [2.05, 4.69) is 26.2 Å². The first-order chi connectivity index (χ1) is 12.0. The summed E-state index contributed by atoms with van der Waals surface area (Å²) in [4.78, 5) is 4.31. The van der Waals surface area contributed by atoms with Gasteiger partial charge in [0.2, 0.25) is 0 Å². The Hall–Kier alpha value is -2.41. The summed E-state index contributed by atoms with van der Waals surface area (Å²) < 4.78 is 17.2. The monoisotopic (exact) mass is 407 g/mol. The third-order valence-electron chi connectivity index (χ3n) is 3.34. The van der Waals surface area contributed by atoms with E-state index in [1.165, 1.54) is 0 Å². The molecule has 0 heterocycles. The lowest BCUT2D eigenvalue weighted by molar-refractivity contribution is 0.229. The van der Waals surface area contributed by atoms with Crippen molar-refractivity contribution in [3.8, 4) is 17.2 Å². The Morgan fingerprint density at radius 2 is 1.84 bits per heavy atom. The van der Waals surface area contributed by atoms with Gasteiger partial charge in [-0.05, 0) is 47.1 Å². The maximum absolute atomic E-state index is 5.94. The molecule has 0 aliphatic carbocycles. The summed E-state index contributed by atoms with van der Waals surface area (Å²) in [5.74, 6) is 2.34. The van der Waals surface area contributed by atoms with Gasteiger partial charge in [0.1, 0.15) is 11.9 Å². The van der Waals surface area contributed by atoms with Crippen molar-refractivity contribution in [2.24, 2.45) is 10.7 Å². The predicted molar refractivity (Wildman–Crippen MR) is 104 cm³/mol. The number of benzene rings is 2. The van der Waals surface area contributed by atoms with Gasteiger partial charge in [0.05, 0.1) is 25.2 Å². The van der Waals surface area contributed by atoms with Gasteiger partial charge in [-0.25, -0.2) is 4.99 Å². The Bertz CT molecular complexity index is 737. The molecular formula is C18H22BrN3O3. The number of ether oxygens (including phenoxy) is 3. The van der Waals surface area contributed by atoms with Crippen LogP contribution < -0.4 is 25.3 Å². The molecule has 7 heteroatoms. The summed E-state index contributed by atoms with van der Waals surface area (Å²) in [5.41, 5.74) is 6.70. The van der Waals surface area contributed by atoms with E-state index < -0.39 is 0 Å². The van der Waals surface area contributed by atoms with Crippen molar-refractivity contribution in [1.29, 1.82) is 0 Å². The summed E-state index contributed by atoms with van der Waals surface area (Å²) in [6.07, 6.45) is -0.121. The number of para-hydroxylation sites is 1. The number of nitrogens with one attached hydrogen (secondary N) is 1. The lowest BCUT2D eigenvalue weighted by atomic mass is 10.3. The molecule has 2 aromatic rings. The quantitative estimate of drug-likeness (QED) is 0.540. The maximum atomic E-state index is 5.94. The molecule has 134 valence electrons. The van der Waals surface area contributed by atoms with Crippen molar-refractivity contribution >= 4 is 27.6 Å². The zero-order valence-electron chi connectivity index (χ0n) is 14.5. The molecule has 0 fully saturated rings. The van der Waals surface area contributed by atoms with E-state index in [0.717, 1.165) is 15.9 Å². The number of aliphatic imine (C=N–C) groups is 1. The number of halogens is 1. The SMILES string of the molecule is COc1ccc(NC(N)=NCC(C)Oc2ccccc2Br)cc1OC. The largest absolute Gasteiger partial charge is 0.493 e.